The number of hydrogen-bond donors (Lipinski definition) is 1. The molecule has 0 aromatic heterocycles. The Morgan fingerprint density at radius 1 is 1.53 bits per heavy atom. The van der Waals surface area contributed by atoms with E-state index in [0.29, 0.717) is 12.6 Å². The summed E-state index contributed by atoms with van der Waals surface area (Å²) in [4.78, 5) is 11.1. The van der Waals surface area contributed by atoms with E-state index in [1.54, 1.807) is 0 Å². The topological polar surface area (TPSA) is 38.3 Å². The van der Waals surface area contributed by atoms with Crippen molar-refractivity contribution in [1.82, 2.24) is 5.32 Å². The maximum Gasteiger partial charge on any atom is 0.319 e. The van der Waals surface area contributed by atoms with Gasteiger partial charge >= 0.3 is 5.97 Å². The van der Waals surface area contributed by atoms with E-state index >= 15 is 0 Å². The molecule has 0 saturated carbocycles. The average molecular weight is 298 g/mol. The summed E-state index contributed by atoms with van der Waals surface area (Å²) in [5.41, 5.74) is 2.79. The Kier molecular flexibility index (Phi) is 4.18. The van der Waals surface area contributed by atoms with Gasteiger partial charge in [0.15, 0.2) is 0 Å². The lowest BCUT2D eigenvalue weighted by molar-refractivity contribution is -0.139. The predicted molar refractivity (Wildman–Crippen MR) is 70.0 cm³/mol. The maximum absolute atomic E-state index is 11.1. The molecular formula is C13H16BrNO2. The van der Waals surface area contributed by atoms with Crippen molar-refractivity contribution in [2.24, 2.45) is 0 Å². The highest BCUT2D eigenvalue weighted by Gasteiger charge is 2.18. The predicted octanol–water partition coefficient (Wildman–Crippen LogP) is 2.07. The minimum Gasteiger partial charge on any atom is -0.468 e. The fraction of sp³-hybridized carbons (Fsp3) is 0.462. The molecule has 1 atom stereocenters. The number of benzene rings is 1. The zero-order valence-electron chi connectivity index (χ0n) is 9.83. The number of rotatable bonds is 3. The van der Waals surface area contributed by atoms with Crippen molar-refractivity contribution in [2.45, 2.75) is 25.3 Å². The third-order valence-corrected chi connectivity index (χ3v) is 3.65. The van der Waals surface area contributed by atoms with Crippen LogP contribution in [0.3, 0.4) is 0 Å². The smallest absolute Gasteiger partial charge is 0.319 e. The fourth-order valence-corrected chi connectivity index (χ4v) is 2.61. The maximum atomic E-state index is 11.1. The second-order valence-corrected chi connectivity index (χ2v) is 5.23. The molecule has 0 amide bonds. The van der Waals surface area contributed by atoms with Crippen molar-refractivity contribution in [3.8, 4) is 0 Å². The third kappa shape index (κ3) is 3.30. The molecule has 0 radical (unpaired) electrons. The number of fused-ring (bicyclic) bond motifs is 1. The molecule has 1 N–H and O–H groups in total. The van der Waals surface area contributed by atoms with Crippen LogP contribution in [0.1, 0.15) is 17.5 Å². The molecule has 4 heteroatoms. The van der Waals surface area contributed by atoms with Crippen LogP contribution in [0, 0.1) is 0 Å². The van der Waals surface area contributed by atoms with Crippen LogP contribution >= 0.6 is 15.9 Å². The van der Waals surface area contributed by atoms with Gasteiger partial charge in [0, 0.05) is 10.5 Å². The SMILES string of the molecule is COC(=O)CNC1CCc2cc(Br)ccc2C1. The summed E-state index contributed by atoms with van der Waals surface area (Å²) in [5.74, 6) is -0.202. The summed E-state index contributed by atoms with van der Waals surface area (Å²) >= 11 is 3.49. The summed E-state index contributed by atoms with van der Waals surface area (Å²) < 4.78 is 5.76. The Labute approximate surface area is 110 Å². The number of methoxy groups -OCH3 is 1. The van der Waals surface area contributed by atoms with Crippen LogP contribution in [0.15, 0.2) is 22.7 Å². The van der Waals surface area contributed by atoms with E-state index in [-0.39, 0.29) is 5.97 Å². The van der Waals surface area contributed by atoms with E-state index in [1.807, 2.05) is 0 Å². The summed E-state index contributed by atoms with van der Waals surface area (Å²) in [6, 6.07) is 6.79. The Hall–Kier alpha value is -0.870. The number of ether oxygens (including phenoxy) is 1. The fourth-order valence-electron chi connectivity index (χ4n) is 2.20. The van der Waals surface area contributed by atoms with E-state index in [2.05, 4.69) is 44.2 Å². The number of aryl methyl sites for hydroxylation is 1. The van der Waals surface area contributed by atoms with Crippen molar-refractivity contribution in [3.63, 3.8) is 0 Å². The first-order chi connectivity index (χ1) is 8.19. The van der Waals surface area contributed by atoms with E-state index in [4.69, 9.17) is 0 Å². The molecule has 1 unspecified atom stereocenters. The van der Waals surface area contributed by atoms with Crippen LogP contribution in [0.4, 0.5) is 0 Å². The van der Waals surface area contributed by atoms with Gasteiger partial charge in [-0.1, -0.05) is 22.0 Å². The molecule has 2 rings (SSSR count). The molecular weight excluding hydrogens is 282 g/mol. The van der Waals surface area contributed by atoms with E-state index in [1.165, 1.54) is 18.2 Å². The van der Waals surface area contributed by atoms with E-state index < -0.39 is 0 Å². The van der Waals surface area contributed by atoms with Crippen molar-refractivity contribution < 1.29 is 9.53 Å². The van der Waals surface area contributed by atoms with Crippen LogP contribution in [-0.2, 0) is 22.4 Å². The lowest BCUT2D eigenvalue weighted by atomic mass is 9.88. The van der Waals surface area contributed by atoms with Gasteiger partial charge in [-0.3, -0.25) is 4.79 Å². The molecule has 0 aliphatic heterocycles. The normalized spacial score (nSPS) is 18.6. The molecule has 0 fully saturated rings. The minimum absolute atomic E-state index is 0.202. The van der Waals surface area contributed by atoms with Gasteiger partial charge in [0.1, 0.15) is 0 Å². The number of nitrogens with one attached hydrogen (secondary N) is 1. The molecule has 1 aliphatic rings. The summed E-state index contributed by atoms with van der Waals surface area (Å²) in [7, 11) is 1.41. The molecule has 1 aromatic carbocycles. The van der Waals surface area contributed by atoms with Crippen LogP contribution in [-0.4, -0.2) is 25.7 Å². The Morgan fingerprint density at radius 3 is 3.12 bits per heavy atom. The summed E-state index contributed by atoms with van der Waals surface area (Å²) in [6.07, 6.45) is 3.12. The van der Waals surface area contributed by atoms with Crippen molar-refractivity contribution >= 4 is 21.9 Å². The van der Waals surface area contributed by atoms with Gasteiger partial charge in [-0.15, -0.1) is 0 Å². The second-order valence-electron chi connectivity index (χ2n) is 4.31. The molecule has 0 spiro atoms. The van der Waals surface area contributed by atoms with Gasteiger partial charge in [-0.2, -0.15) is 0 Å². The lowest BCUT2D eigenvalue weighted by Crippen LogP contribution is -2.38. The molecule has 0 heterocycles. The van der Waals surface area contributed by atoms with Gasteiger partial charge < -0.3 is 10.1 Å². The largest absolute Gasteiger partial charge is 0.468 e. The molecule has 1 aromatic rings. The number of esters is 1. The number of halogens is 1. The Bertz CT molecular complexity index is 420. The molecule has 0 saturated heterocycles. The molecule has 1 aliphatic carbocycles. The standard InChI is InChI=1S/C13H16BrNO2/c1-17-13(16)8-15-12-5-3-9-6-11(14)4-2-10(9)7-12/h2,4,6,12,15H,3,5,7-8H2,1H3. The molecule has 17 heavy (non-hydrogen) atoms. The summed E-state index contributed by atoms with van der Waals surface area (Å²) in [6.45, 7) is 0.299. The zero-order valence-corrected chi connectivity index (χ0v) is 11.4. The number of carbonyl (C=O) groups is 1. The number of carbonyl (C=O) groups excluding carboxylic acids is 1. The first kappa shape index (κ1) is 12.6. The van der Waals surface area contributed by atoms with Gasteiger partial charge in [-0.25, -0.2) is 0 Å². The van der Waals surface area contributed by atoms with E-state index in [0.717, 1.165) is 23.7 Å². The summed E-state index contributed by atoms with van der Waals surface area (Å²) in [5, 5.41) is 3.24. The van der Waals surface area contributed by atoms with Crippen molar-refractivity contribution in [3.05, 3.63) is 33.8 Å². The monoisotopic (exact) mass is 297 g/mol. The second kappa shape index (κ2) is 5.65. The van der Waals surface area contributed by atoms with Gasteiger partial charge in [0.05, 0.1) is 13.7 Å². The first-order valence-electron chi connectivity index (χ1n) is 5.76. The highest BCUT2D eigenvalue weighted by Crippen LogP contribution is 2.24. The van der Waals surface area contributed by atoms with Gasteiger partial charge in [-0.05, 0) is 42.5 Å². The molecule has 3 nitrogen and oxygen atoms in total. The molecule has 92 valence electrons. The third-order valence-electron chi connectivity index (χ3n) is 3.16. The molecule has 0 bridgehead atoms. The lowest BCUT2D eigenvalue weighted by Gasteiger charge is -2.25. The van der Waals surface area contributed by atoms with Crippen LogP contribution in [0.25, 0.3) is 0 Å². The number of hydrogen-bond acceptors (Lipinski definition) is 3. The van der Waals surface area contributed by atoms with Crippen molar-refractivity contribution in [2.75, 3.05) is 13.7 Å². The van der Waals surface area contributed by atoms with Crippen LogP contribution < -0.4 is 5.32 Å². The highest BCUT2D eigenvalue weighted by molar-refractivity contribution is 9.10. The zero-order chi connectivity index (χ0) is 12.3. The average Bonchev–Trinajstić information content (AvgIpc) is 2.35. The quantitative estimate of drug-likeness (QED) is 0.868. The van der Waals surface area contributed by atoms with Crippen LogP contribution in [0.5, 0.6) is 0 Å². The first-order valence-corrected chi connectivity index (χ1v) is 6.56. The highest BCUT2D eigenvalue weighted by atomic mass is 79.9. The van der Waals surface area contributed by atoms with Gasteiger partial charge in [0.25, 0.3) is 0 Å². The van der Waals surface area contributed by atoms with E-state index in [9.17, 15) is 4.79 Å². The van der Waals surface area contributed by atoms with Gasteiger partial charge in [0.2, 0.25) is 0 Å². The Morgan fingerprint density at radius 2 is 2.35 bits per heavy atom. The minimum atomic E-state index is -0.202. The Balaban J connectivity index is 1.94. The van der Waals surface area contributed by atoms with Crippen LogP contribution in [0.2, 0.25) is 0 Å². The van der Waals surface area contributed by atoms with Crippen molar-refractivity contribution in [1.29, 1.82) is 0 Å².